The van der Waals surface area contributed by atoms with E-state index in [9.17, 15) is 0 Å². The van der Waals surface area contributed by atoms with Crippen LogP contribution in [-0.2, 0) is 0 Å². The Morgan fingerprint density at radius 2 is 0.954 bits per heavy atom. The van der Waals surface area contributed by atoms with Crippen molar-refractivity contribution in [2.45, 2.75) is 0 Å². The summed E-state index contributed by atoms with van der Waals surface area (Å²) in [5.74, 6) is 0. The van der Waals surface area contributed by atoms with E-state index in [2.05, 4.69) is 222 Å². The summed E-state index contributed by atoms with van der Waals surface area (Å²) in [5.41, 5.74) is 14.3. The van der Waals surface area contributed by atoms with Crippen molar-refractivity contribution >= 4 is 114 Å². The van der Waals surface area contributed by atoms with E-state index in [-0.39, 0.29) is 0 Å². The van der Waals surface area contributed by atoms with E-state index >= 15 is 0 Å². The molecule has 14 rings (SSSR count). The van der Waals surface area contributed by atoms with E-state index in [0.29, 0.717) is 0 Å². The van der Waals surface area contributed by atoms with Gasteiger partial charge in [-0.15, -0.1) is 11.3 Å². The standard InChI is InChI=1S/C60H36N2O2S/c1-7-27-49-40(18-1)41-19-2-8-28-50(41)61(49)38-17-13-16-37(36-38)39-34-35-52(57-48-23-5-11-32-55(48)64-59(39)57)62(53-30-15-26-47-44-22-6-12-33-56(44)65-60(47)53)51-29-9-3-20-42(51)45-24-14-25-46-43-21-4-10-31-54(43)63-58(45)46/h1-36H. The first-order valence-corrected chi connectivity index (χ1v) is 22.8. The Labute approximate surface area is 377 Å². The number of benzene rings is 10. The Hall–Kier alpha value is -8.38. The van der Waals surface area contributed by atoms with Gasteiger partial charge in [-0.25, -0.2) is 0 Å². The highest BCUT2D eigenvalue weighted by Crippen LogP contribution is 2.52. The van der Waals surface area contributed by atoms with Crippen molar-refractivity contribution in [3.63, 3.8) is 0 Å². The number of fused-ring (bicyclic) bond motifs is 12. The smallest absolute Gasteiger partial charge is 0.145 e. The highest BCUT2D eigenvalue weighted by atomic mass is 32.1. The zero-order valence-corrected chi connectivity index (χ0v) is 35.7. The van der Waals surface area contributed by atoms with Crippen molar-refractivity contribution in [1.82, 2.24) is 4.57 Å². The van der Waals surface area contributed by atoms with Gasteiger partial charge in [0.05, 0.1) is 38.2 Å². The number of hydrogen-bond donors (Lipinski definition) is 0. The number of aromatic nitrogens is 1. The van der Waals surface area contributed by atoms with Gasteiger partial charge in [0.25, 0.3) is 0 Å². The number of thiophene rings is 1. The fourth-order valence-electron chi connectivity index (χ4n) is 10.4. The van der Waals surface area contributed by atoms with Crippen LogP contribution >= 0.6 is 11.3 Å². The zero-order chi connectivity index (χ0) is 42.6. The number of furan rings is 2. The molecule has 14 aromatic rings. The molecule has 0 aliphatic rings. The average Bonchev–Trinajstić information content (AvgIpc) is 4.14. The fourth-order valence-corrected chi connectivity index (χ4v) is 11.6. The maximum Gasteiger partial charge on any atom is 0.145 e. The maximum absolute atomic E-state index is 7.07. The lowest BCUT2D eigenvalue weighted by Gasteiger charge is -2.29. The lowest BCUT2D eigenvalue weighted by molar-refractivity contribution is 0.669. The molecular weight excluding hydrogens is 813 g/mol. The molecule has 0 aliphatic carbocycles. The van der Waals surface area contributed by atoms with Crippen LogP contribution in [-0.4, -0.2) is 4.57 Å². The van der Waals surface area contributed by atoms with E-state index in [1.54, 1.807) is 0 Å². The first kappa shape index (κ1) is 36.1. The zero-order valence-electron chi connectivity index (χ0n) is 34.9. The summed E-state index contributed by atoms with van der Waals surface area (Å²) in [4.78, 5) is 2.47. The number of anilines is 3. The highest BCUT2D eigenvalue weighted by molar-refractivity contribution is 7.26. The molecule has 0 atom stereocenters. The number of para-hydroxylation sites is 6. The molecule has 0 spiro atoms. The maximum atomic E-state index is 7.07. The summed E-state index contributed by atoms with van der Waals surface area (Å²) in [7, 11) is 0. The molecule has 304 valence electrons. The van der Waals surface area contributed by atoms with Crippen LogP contribution in [0.15, 0.2) is 227 Å². The molecule has 4 heterocycles. The normalized spacial score (nSPS) is 12.0. The van der Waals surface area contributed by atoms with E-state index in [0.717, 1.165) is 88.9 Å². The number of nitrogens with zero attached hydrogens (tertiary/aromatic N) is 2. The van der Waals surface area contributed by atoms with E-state index in [4.69, 9.17) is 8.83 Å². The molecule has 0 fully saturated rings. The van der Waals surface area contributed by atoms with Gasteiger partial charge in [0.2, 0.25) is 0 Å². The van der Waals surface area contributed by atoms with Gasteiger partial charge in [0, 0.05) is 64.8 Å². The Bertz CT molecular complexity index is 4170. The van der Waals surface area contributed by atoms with Crippen molar-refractivity contribution in [2.24, 2.45) is 0 Å². The molecule has 0 saturated carbocycles. The SMILES string of the molecule is c1cc(-c2ccc(N(c3ccccc3-c3cccc4c3oc3ccccc34)c3cccc4c3sc3ccccc34)c3c2oc2ccccc23)cc(-n2c3ccccc3c3ccccc32)c1. The summed E-state index contributed by atoms with van der Waals surface area (Å²) in [5, 5.41) is 9.29. The van der Waals surface area contributed by atoms with E-state index < -0.39 is 0 Å². The van der Waals surface area contributed by atoms with E-state index in [1.165, 1.54) is 42.0 Å². The third kappa shape index (κ3) is 5.37. The average molecular weight is 849 g/mol. The summed E-state index contributed by atoms with van der Waals surface area (Å²) in [6.07, 6.45) is 0. The van der Waals surface area contributed by atoms with Crippen LogP contribution in [0.3, 0.4) is 0 Å². The van der Waals surface area contributed by atoms with Gasteiger partial charge in [-0.2, -0.15) is 0 Å². The summed E-state index contributed by atoms with van der Waals surface area (Å²) >= 11 is 1.84. The molecular formula is C60H36N2O2S. The highest BCUT2D eigenvalue weighted by Gasteiger charge is 2.27. The second-order valence-electron chi connectivity index (χ2n) is 16.7. The minimum Gasteiger partial charge on any atom is -0.455 e. The first-order chi connectivity index (χ1) is 32.3. The molecule has 65 heavy (non-hydrogen) atoms. The Morgan fingerprint density at radius 1 is 0.369 bits per heavy atom. The predicted molar refractivity (Wildman–Crippen MR) is 274 cm³/mol. The minimum atomic E-state index is 0.841. The molecule has 4 nitrogen and oxygen atoms in total. The fraction of sp³-hybridized carbons (Fsp3) is 0. The van der Waals surface area contributed by atoms with Gasteiger partial charge in [0.1, 0.15) is 22.3 Å². The summed E-state index contributed by atoms with van der Waals surface area (Å²) in [6.45, 7) is 0. The van der Waals surface area contributed by atoms with Gasteiger partial charge in [-0.05, 0) is 72.3 Å². The lowest BCUT2D eigenvalue weighted by atomic mass is 9.97. The summed E-state index contributed by atoms with van der Waals surface area (Å²) < 4.78 is 18.6. The van der Waals surface area contributed by atoms with Crippen LogP contribution in [0.2, 0.25) is 0 Å². The van der Waals surface area contributed by atoms with Crippen molar-refractivity contribution in [1.29, 1.82) is 0 Å². The van der Waals surface area contributed by atoms with Crippen molar-refractivity contribution < 1.29 is 8.83 Å². The molecule has 5 heteroatoms. The van der Waals surface area contributed by atoms with Crippen molar-refractivity contribution in [3.05, 3.63) is 218 Å². The molecule has 0 bridgehead atoms. The van der Waals surface area contributed by atoms with Crippen LogP contribution in [0, 0.1) is 0 Å². The number of hydrogen-bond acceptors (Lipinski definition) is 4. The Balaban J connectivity index is 1.05. The van der Waals surface area contributed by atoms with E-state index in [1.807, 2.05) is 17.4 Å². The van der Waals surface area contributed by atoms with Crippen LogP contribution in [0.4, 0.5) is 17.1 Å². The minimum absolute atomic E-state index is 0.841. The molecule has 0 N–H and O–H groups in total. The van der Waals surface area contributed by atoms with Gasteiger partial charge >= 0.3 is 0 Å². The van der Waals surface area contributed by atoms with Crippen molar-refractivity contribution in [3.8, 4) is 27.9 Å². The van der Waals surface area contributed by atoms with Gasteiger partial charge in [-0.3, -0.25) is 0 Å². The van der Waals surface area contributed by atoms with Gasteiger partial charge in [-0.1, -0.05) is 152 Å². The molecule has 0 aliphatic heterocycles. The first-order valence-electron chi connectivity index (χ1n) is 22.0. The Kier molecular flexibility index (Phi) is 7.82. The molecule has 0 radical (unpaired) electrons. The van der Waals surface area contributed by atoms with Crippen LogP contribution < -0.4 is 4.90 Å². The molecule has 0 saturated heterocycles. The molecule has 10 aromatic carbocycles. The lowest BCUT2D eigenvalue weighted by Crippen LogP contribution is -2.12. The third-order valence-corrected chi connectivity index (χ3v) is 14.4. The monoisotopic (exact) mass is 848 g/mol. The van der Waals surface area contributed by atoms with Gasteiger partial charge in [0.15, 0.2) is 0 Å². The van der Waals surface area contributed by atoms with Crippen LogP contribution in [0.1, 0.15) is 0 Å². The predicted octanol–water partition coefficient (Wildman–Crippen LogP) is 17.8. The largest absolute Gasteiger partial charge is 0.455 e. The number of rotatable bonds is 6. The van der Waals surface area contributed by atoms with Crippen LogP contribution in [0.25, 0.3) is 114 Å². The second kappa shape index (κ2) is 14.1. The molecule has 0 unspecified atom stereocenters. The van der Waals surface area contributed by atoms with Crippen LogP contribution in [0.5, 0.6) is 0 Å². The molecule has 4 aromatic heterocycles. The Morgan fingerprint density at radius 3 is 1.78 bits per heavy atom. The van der Waals surface area contributed by atoms with Gasteiger partial charge < -0.3 is 18.3 Å². The molecule has 0 amide bonds. The quantitative estimate of drug-likeness (QED) is 0.167. The van der Waals surface area contributed by atoms with Crippen molar-refractivity contribution in [2.75, 3.05) is 4.90 Å². The third-order valence-electron chi connectivity index (χ3n) is 13.2. The summed E-state index contributed by atoms with van der Waals surface area (Å²) in [6, 6.07) is 78.3. The second-order valence-corrected chi connectivity index (χ2v) is 17.8. The topological polar surface area (TPSA) is 34.5 Å².